The molecule has 0 saturated carbocycles. The van der Waals surface area contributed by atoms with Gasteiger partial charge in [-0.05, 0) is 6.42 Å². The number of hydrogen-bond donors (Lipinski definition) is 0. The molecule has 0 spiro atoms. The molecule has 0 amide bonds. The van der Waals surface area contributed by atoms with Crippen LogP contribution in [0.5, 0.6) is 0 Å². The molecule has 1 rings (SSSR count). The maximum Gasteiger partial charge on any atom is 0.121 e. The normalized spacial score (nSPS) is 28.2. The van der Waals surface area contributed by atoms with E-state index in [1.807, 2.05) is 21.6 Å². The van der Waals surface area contributed by atoms with Crippen LogP contribution in [0.25, 0.3) is 0 Å². The van der Waals surface area contributed by atoms with Gasteiger partial charge in [-0.3, -0.25) is 0 Å². The maximum absolute atomic E-state index is 9.94. The third-order valence-corrected chi connectivity index (χ3v) is 4.05. The molecule has 1 saturated heterocycles. The molecule has 0 aromatic rings. The van der Waals surface area contributed by atoms with Crippen molar-refractivity contribution in [2.24, 2.45) is 0 Å². The summed E-state index contributed by atoms with van der Waals surface area (Å²) in [6.07, 6.45) is 2.98. The van der Waals surface area contributed by atoms with Gasteiger partial charge < -0.3 is 4.79 Å². The van der Waals surface area contributed by atoms with Gasteiger partial charge in [0, 0.05) is 17.4 Å². The summed E-state index contributed by atoms with van der Waals surface area (Å²) < 4.78 is 0. The third-order valence-electron chi connectivity index (χ3n) is 1.09. The topological polar surface area (TPSA) is 17.1 Å². The Morgan fingerprint density at radius 1 is 1.75 bits per heavy atom. The minimum absolute atomic E-state index is 0.623. The molecule has 0 N–H and O–H groups in total. The van der Waals surface area contributed by atoms with Crippen molar-refractivity contribution in [2.45, 2.75) is 18.1 Å². The molecule has 1 aliphatic heterocycles. The molecule has 0 bridgehead atoms. The lowest BCUT2D eigenvalue weighted by Crippen LogP contribution is -1.96. The van der Waals surface area contributed by atoms with E-state index in [0.717, 1.165) is 12.7 Å². The first kappa shape index (κ1) is 6.49. The van der Waals surface area contributed by atoms with E-state index in [9.17, 15) is 4.79 Å². The Morgan fingerprint density at radius 3 is 3.12 bits per heavy atom. The summed E-state index contributed by atoms with van der Waals surface area (Å²) in [5.41, 5.74) is 0. The number of carbonyl (C=O) groups excluding carboxylic acids is 1. The fourth-order valence-electron chi connectivity index (χ4n) is 0.636. The van der Waals surface area contributed by atoms with Crippen LogP contribution in [0.3, 0.4) is 0 Å². The molecule has 3 heteroatoms. The molecule has 1 unspecified atom stereocenters. The standard InChI is InChI=1S/C5H8OS2/c6-3-1-5-2-4-7-8-5/h3,5H,1-2,4H2. The predicted molar refractivity (Wildman–Crippen MR) is 39.1 cm³/mol. The van der Waals surface area contributed by atoms with E-state index in [-0.39, 0.29) is 0 Å². The highest BCUT2D eigenvalue weighted by Gasteiger charge is 2.14. The smallest absolute Gasteiger partial charge is 0.121 e. The number of rotatable bonds is 2. The van der Waals surface area contributed by atoms with Gasteiger partial charge >= 0.3 is 0 Å². The molecule has 8 heavy (non-hydrogen) atoms. The van der Waals surface area contributed by atoms with Gasteiger partial charge in [0.25, 0.3) is 0 Å². The van der Waals surface area contributed by atoms with Gasteiger partial charge in [-0.25, -0.2) is 0 Å². The van der Waals surface area contributed by atoms with E-state index in [4.69, 9.17) is 0 Å². The van der Waals surface area contributed by atoms with Crippen molar-refractivity contribution in [3.05, 3.63) is 0 Å². The monoisotopic (exact) mass is 148 g/mol. The Balaban J connectivity index is 2.14. The highest BCUT2D eigenvalue weighted by atomic mass is 33.1. The molecule has 1 atom stereocenters. The van der Waals surface area contributed by atoms with Gasteiger partial charge in [-0.2, -0.15) is 0 Å². The second-order valence-electron chi connectivity index (χ2n) is 1.73. The van der Waals surface area contributed by atoms with Crippen molar-refractivity contribution < 1.29 is 4.79 Å². The highest BCUT2D eigenvalue weighted by Crippen LogP contribution is 2.38. The Kier molecular flexibility index (Phi) is 2.76. The molecule has 0 aromatic carbocycles. The maximum atomic E-state index is 9.94. The van der Waals surface area contributed by atoms with Crippen LogP contribution in [0, 0.1) is 0 Å². The molecular formula is C5H8OS2. The highest BCUT2D eigenvalue weighted by molar-refractivity contribution is 8.77. The second-order valence-corrected chi connectivity index (χ2v) is 4.52. The zero-order valence-electron chi connectivity index (χ0n) is 4.50. The molecule has 0 aromatic heterocycles. The van der Waals surface area contributed by atoms with E-state index in [1.165, 1.54) is 12.2 Å². The van der Waals surface area contributed by atoms with E-state index in [1.54, 1.807) is 0 Å². The molecule has 0 aliphatic carbocycles. The Morgan fingerprint density at radius 2 is 2.62 bits per heavy atom. The first-order valence-electron chi connectivity index (χ1n) is 2.65. The second kappa shape index (κ2) is 3.41. The molecule has 1 nitrogen and oxygen atoms in total. The van der Waals surface area contributed by atoms with Crippen LogP contribution in [0.4, 0.5) is 0 Å². The largest absolute Gasteiger partial charge is 0.303 e. The summed E-state index contributed by atoms with van der Waals surface area (Å²) in [7, 11) is 3.73. The summed E-state index contributed by atoms with van der Waals surface area (Å²) in [4.78, 5) is 9.94. The van der Waals surface area contributed by atoms with Crippen LogP contribution in [-0.2, 0) is 4.79 Å². The molecule has 46 valence electrons. The fourth-order valence-corrected chi connectivity index (χ4v) is 3.51. The van der Waals surface area contributed by atoms with Gasteiger partial charge in [0.15, 0.2) is 0 Å². The van der Waals surface area contributed by atoms with E-state index < -0.39 is 0 Å². The first-order chi connectivity index (χ1) is 3.93. The van der Waals surface area contributed by atoms with Crippen LogP contribution in [-0.4, -0.2) is 17.3 Å². The minimum Gasteiger partial charge on any atom is -0.303 e. The summed E-state index contributed by atoms with van der Waals surface area (Å²) >= 11 is 0. The number of hydrogen-bond acceptors (Lipinski definition) is 3. The lowest BCUT2D eigenvalue weighted by molar-refractivity contribution is -0.107. The van der Waals surface area contributed by atoms with Crippen molar-refractivity contribution >= 4 is 27.9 Å². The van der Waals surface area contributed by atoms with Crippen LogP contribution in [0.2, 0.25) is 0 Å². The quantitative estimate of drug-likeness (QED) is 0.438. The SMILES string of the molecule is O=CCC1CCSS1. The Bertz CT molecular complexity index is 78.5. The molecule has 0 radical (unpaired) electrons. The van der Waals surface area contributed by atoms with E-state index in [0.29, 0.717) is 5.25 Å². The summed E-state index contributed by atoms with van der Waals surface area (Å²) in [5.74, 6) is 1.23. The van der Waals surface area contributed by atoms with Gasteiger partial charge in [0.05, 0.1) is 0 Å². The Hall–Kier alpha value is 0.370. The third kappa shape index (κ3) is 1.71. The van der Waals surface area contributed by atoms with Crippen molar-refractivity contribution in [1.82, 2.24) is 0 Å². The summed E-state index contributed by atoms with van der Waals surface area (Å²) in [6.45, 7) is 0. The summed E-state index contributed by atoms with van der Waals surface area (Å²) in [5, 5.41) is 0.623. The number of carbonyl (C=O) groups is 1. The molecule has 1 fully saturated rings. The van der Waals surface area contributed by atoms with Crippen molar-refractivity contribution in [3.63, 3.8) is 0 Å². The van der Waals surface area contributed by atoms with Crippen molar-refractivity contribution in [1.29, 1.82) is 0 Å². The Labute approximate surface area is 57.0 Å². The zero-order chi connectivity index (χ0) is 5.82. The average molecular weight is 148 g/mol. The van der Waals surface area contributed by atoms with Crippen LogP contribution >= 0.6 is 21.6 Å². The summed E-state index contributed by atoms with van der Waals surface area (Å²) in [6, 6.07) is 0. The van der Waals surface area contributed by atoms with Gasteiger partial charge in [-0.15, -0.1) is 0 Å². The molecular weight excluding hydrogens is 140 g/mol. The minimum atomic E-state index is 0.623. The van der Waals surface area contributed by atoms with Crippen LogP contribution in [0.15, 0.2) is 0 Å². The van der Waals surface area contributed by atoms with Crippen LogP contribution < -0.4 is 0 Å². The van der Waals surface area contributed by atoms with E-state index >= 15 is 0 Å². The number of aldehydes is 1. The molecule has 1 aliphatic rings. The average Bonchev–Trinajstić information content (AvgIpc) is 2.19. The van der Waals surface area contributed by atoms with Crippen LogP contribution in [0.1, 0.15) is 12.8 Å². The predicted octanol–water partition coefficient (Wildman–Crippen LogP) is 1.73. The van der Waals surface area contributed by atoms with Crippen molar-refractivity contribution in [2.75, 3.05) is 5.75 Å². The molecule has 1 heterocycles. The lowest BCUT2D eigenvalue weighted by Gasteiger charge is -1.96. The van der Waals surface area contributed by atoms with Gasteiger partial charge in [-0.1, -0.05) is 21.6 Å². The lowest BCUT2D eigenvalue weighted by atomic mass is 10.3. The van der Waals surface area contributed by atoms with Crippen molar-refractivity contribution in [3.8, 4) is 0 Å². The van der Waals surface area contributed by atoms with E-state index in [2.05, 4.69) is 0 Å². The van der Waals surface area contributed by atoms with Gasteiger partial charge in [0.1, 0.15) is 6.29 Å². The fraction of sp³-hybridized carbons (Fsp3) is 0.800. The zero-order valence-corrected chi connectivity index (χ0v) is 6.13. The van der Waals surface area contributed by atoms with Gasteiger partial charge in [0.2, 0.25) is 0 Å². The first-order valence-corrected chi connectivity index (χ1v) is 5.03.